The fourth-order valence-electron chi connectivity index (χ4n) is 2.71. The van der Waals surface area contributed by atoms with Crippen molar-refractivity contribution in [3.8, 4) is 0 Å². The Morgan fingerprint density at radius 3 is 2.34 bits per heavy atom. The maximum atomic E-state index is 14.2. The number of halogens is 1. The zero-order chi connectivity index (χ0) is 21.4. The van der Waals surface area contributed by atoms with Gasteiger partial charge in [0.1, 0.15) is 11.9 Å². The number of carbonyl (C=O) groups is 2. The number of thioether (sulfide) groups is 1. The van der Waals surface area contributed by atoms with Gasteiger partial charge in [-0.3, -0.25) is 9.59 Å². The zero-order valence-electron chi connectivity index (χ0n) is 17.4. The molecule has 29 heavy (non-hydrogen) atoms. The van der Waals surface area contributed by atoms with Gasteiger partial charge in [0.2, 0.25) is 11.8 Å². The highest BCUT2D eigenvalue weighted by molar-refractivity contribution is 8.00. The first kappa shape index (κ1) is 22.9. The molecule has 1 unspecified atom stereocenters. The van der Waals surface area contributed by atoms with E-state index in [1.165, 1.54) is 22.7 Å². The lowest BCUT2D eigenvalue weighted by atomic mass is 10.1. The number of carbonyl (C=O) groups excluding carboxylic acids is 2. The maximum absolute atomic E-state index is 14.2. The number of hydrogen-bond donors (Lipinski definition) is 1. The van der Waals surface area contributed by atoms with Gasteiger partial charge in [-0.05, 0) is 38.0 Å². The second kappa shape index (κ2) is 11.0. The predicted molar refractivity (Wildman–Crippen MR) is 116 cm³/mol. The molecule has 0 saturated carbocycles. The number of benzene rings is 2. The largest absolute Gasteiger partial charge is 0.354 e. The summed E-state index contributed by atoms with van der Waals surface area (Å²) in [6.45, 7) is 8.29. The summed E-state index contributed by atoms with van der Waals surface area (Å²) in [5.41, 5.74) is 1.54. The van der Waals surface area contributed by atoms with Crippen LogP contribution in [-0.2, 0) is 16.1 Å². The summed E-state index contributed by atoms with van der Waals surface area (Å²) in [4.78, 5) is 28.0. The van der Waals surface area contributed by atoms with E-state index < -0.39 is 6.04 Å². The Hall–Kier alpha value is -2.34. The molecule has 0 heterocycles. The van der Waals surface area contributed by atoms with E-state index in [2.05, 4.69) is 5.32 Å². The Kier molecular flexibility index (Phi) is 8.70. The van der Waals surface area contributed by atoms with Crippen LogP contribution in [0.1, 0.15) is 31.9 Å². The average Bonchev–Trinajstić information content (AvgIpc) is 2.70. The van der Waals surface area contributed by atoms with Crippen LogP contribution in [0.15, 0.2) is 53.4 Å². The summed E-state index contributed by atoms with van der Waals surface area (Å²) in [6, 6.07) is 13.6. The second-order valence-corrected chi connectivity index (χ2v) is 8.58. The summed E-state index contributed by atoms with van der Waals surface area (Å²) in [6.07, 6.45) is 0. The highest BCUT2D eigenvalue weighted by Gasteiger charge is 2.26. The minimum atomic E-state index is -0.695. The molecular formula is C23H29FN2O2S. The number of rotatable bonds is 9. The zero-order valence-corrected chi connectivity index (χ0v) is 18.3. The molecule has 6 heteroatoms. The quantitative estimate of drug-likeness (QED) is 0.616. The van der Waals surface area contributed by atoms with Crippen LogP contribution in [-0.4, -0.2) is 35.1 Å². The minimum absolute atomic E-state index is 0.0518. The first-order valence-electron chi connectivity index (χ1n) is 9.78. The molecule has 2 amide bonds. The molecule has 0 fully saturated rings. The number of nitrogens with zero attached hydrogens (tertiary/aromatic N) is 1. The topological polar surface area (TPSA) is 49.4 Å². The molecule has 156 valence electrons. The van der Waals surface area contributed by atoms with Gasteiger partial charge < -0.3 is 10.2 Å². The van der Waals surface area contributed by atoms with Crippen molar-refractivity contribution in [1.29, 1.82) is 0 Å². The minimum Gasteiger partial charge on any atom is -0.354 e. The lowest BCUT2D eigenvalue weighted by molar-refractivity contribution is -0.138. The van der Waals surface area contributed by atoms with E-state index in [0.717, 1.165) is 10.5 Å². The van der Waals surface area contributed by atoms with E-state index in [-0.39, 0.29) is 29.9 Å². The van der Waals surface area contributed by atoms with Crippen LogP contribution in [0.3, 0.4) is 0 Å². The Balaban J connectivity index is 2.13. The van der Waals surface area contributed by atoms with E-state index in [1.54, 1.807) is 25.1 Å². The van der Waals surface area contributed by atoms with E-state index in [4.69, 9.17) is 0 Å². The Labute approximate surface area is 176 Å². The maximum Gasteiger partial charge on any atom is 0.242 e. The van der Waals surface area contributed by atoms with E-state index in [0.29, 0.717) is 18.0 Å². The van der Waals surface area contributed by atoms with Crippen LogP contribution < -0.4 is 5.32 Å². The molecular weight excluding hydrogens is 387 g/mol. The van der Waals surface area contributed by atoms with Crippen molar-refractivity contribution in [2.24, 2.45) is 5.92 Å². The predicted octanol–water partition coefficient (Wildman–Crippen LogP) is 4.42. The summed E-state index contributed by atoms with van der Waals surface area (Å²) in [7, 11) is 0. The van der Waals surface area contributed by atoms with Crippen molar-refractivity contribution < 1.29 is 14.0 Å². The first-order chi connectivity index (χ1) is 13.8. The van der Waals surface area contributed by atoms with Crippen LogP contribution >= 0.6 is 11.8 Å². The molecule has 0 aromatic heterocycles. The van der Waals surface area contributed by atoms with E-state index in [1.807, 2.05) is 45.0 Å². The van der Waals surface area contributed by atoms with Crippen molar-refractivity contribution >= 4 is 23.6 Å². The SMILES string of the molecule is Cc1ccc(SCC(=O)N(Cc2ccccc2F)C(C)C(=O)NCC(C)C)cc1. The third kappa shape index (κ3) is 7.20. The molecule has 2 rings (SSSR count). The Bertz CT molecular complexity index is 824. The van der Waals surface area contributed by atoms with Crippen LogP contribution in [0.5, 0.6) is 0 Å². The third-order valence-corrected chi connectivity index (χ3v) is 5.53. The monoisotopic (exact) mass is 416 g/mol. The van der Waals surface area contributed by atoms with Crippen molar-refractivity contribution in [2.75, 3.05) is 12.3 Å². The van der Waals surface area contributed by atoms with Gasteiger partial charge in [-0.2, -0.15) is 0 Å². The van der Waals surface area contributed by atoms with Gasteiger partial charge in [0.25, 0.3) is 0 Å². The lowest BCUT2D eigenvalue weighted by Gasteiger charge is -2.29. The molecule has 1 N–H and O–H groups in total. The highest BCUT2D eigenvalue weighted by Crippen LogP contribution is 2.21. The smallest absolute Gasteiger partial charge is 0.242 e. The third-order valence-electron chi connectivity index (χ3n) is 4.53. The lowest BCUT2D eigenvalue weighted by Crippen LogP contribution is -2.48. The molecule has 1 atom stereocenters. The van der Waals surface area contributed by atoms with Gasteiger partial charge in [0.05, 0.1) is 5.75 Å². The van der Waals surface area contributed by atoms with Crippen molar-refractivity contribution in [3.05, 3.63) is 65.5 Å². The first-order valence-corrected chi connectivity index (χ1v) is 10.8. The van der Waals surface area contributed by atoms with Crippen LogP contribution in [0, 0.1) is 18.7 Å². The summed E-state index contributed by atoms with van der Waals surface area (Å²) in [5.74, 6) is -0.334. The Morgan fingerprint density at radius 1 is 1.07 bits per heavy atom. The number of amides is 2. The van der Waals surface area contributed by atoms with Gasteiger partial charge >= 0.3 is 0 Å². The normalized spacial score (nSPS) is 11.9. The fraction of sp³-hybridized carbons (Fsp3) is 0.391. The summed E-state index contributed by atoms with van der Waals surface area (Å²) in [5, 5.41) is 2.86. The van der Waals surface area contributed by atoms with Gasteiger partial charge in [0.15, 0.2) is 0 Å². The molecule has 2 aromatic rings. The highest BCUT2D eigenvalue weighted by atomic mass is 32.2. The molecule has 0 bridgehead atoms. The average molecular weight is 417 g/mol. The van der Waals surface area contributed by atoms with Crippen LogP contribution in [0.4, 0.5) is 4.39 Å². The summed E-state index contributed by atoms with van der Waals surface area (Å²) < 4.78 is 14.2. The van der Waals surface area contributed by atoms with Gasteiger partial charge in [-0.15, -0.1) is 11.8 Å². The van der Waals surface area contributed by atoms with Gasteiger partial charge in [-0.1, -0.05) is 49.7 Å². The number of aryl methyl sites for hydroxylation is 1. The van der Waals surface area contributed by atoms with Crippen molar-refractivity contribution in [2.45, 2.75) is 45.2 Å². The fourth-order valence-corrected chi connectivity index (χ4v) is 3.49. The second-order valence-electron chi connectivity index (χ2n) is 7.53. The molecule has 0 radical (unpaired) electrons. The molecule has 0 saturated heterocycles. The molecule has 0 aliphatic carbocycles. The molecule has 0 aliphatic rings. The standard InChI is InChI=1S/C23H29FN2O2S/c1-16(2)13-25-23(28)18(4)26(14-19-7-5-6-8-21(19)24)22(27)15-29-20-11-9-17(3)10-12-20/h5-12,16,18H,13-15H2,1-4H3,(H,25,28). The summed E-state index contributed by atoms with van der Waals surface area (Å²) >= 11 is 1.41. The molecule has 4 nitrogen and oxygen atoms in total. The van der Waals surface area contributed by atoms with Crippen molar-refractivity contribution in [3.63, 3.8) is 0 Å². The molecule has 0 spiro atoms. The van der Waals surface area contributed by atoms with Gasteiger partial charge in [-0.25, -0.2) is 4.39 Å². The number of hydrogen-bond acceptors (Lipinski definition) is 3. The Morgan fingerprint density at radius 2 is 1.72 bits per heavy atom. The molecule has 2 aromatic carbocycles. The van der Waals surface area contributed by atoms with Gasteiger partial charge in [0, 0.05) is 23.5 Å². The van der Waals surface area contributed by atoms with E-state index >= 15 is 0 Å². The van der Waals surface area contributed by atoms with Crippen LogP contribution in [0.2, 0.25) is 0 Å². The van der Waals surface area contributed by atoms with Crippen molar-refractivity contribution in [1.82, 2.24) is 10.2 Å². The number of nitrogens with one attached hydrogen (secondary N) is 1. The van der Waals surface area contributed by atoms with E-state index in [9.17, 15) is 14.0 Å². The molecule has 0 aliphatic heterocycles. The van der Waals surface area contributed by atoms with Crippen LogP contribution in [0.25, 0.3) is 0 Å².